The van der Waals surface area contributed by atoms with Gasteiger partial charge in [0.2, 0.25) is 5.82 Å². The van der Waals surface area contributed by atoms with Gasteiger partial charge in [-0.1, -0.05) is 42.5 Å². The molecule has 2 aromatic carbocycles. The number of anilines is 2. The van der Waals surface area contributed by atoms with Gasteiger partial charge >= 0.3 is 0 Å². The zero-order chi connectivity index (χ0) is 15.2. The monoisotopic (exact) mass is 377 g/mol. The van der Waals surface area contributed by atoms with Crippen LogP contribution in [0, 0.1) is 0 Å². The smallest absolute Gasteiger partial charge is 0.291 e. The Morgan fingerprint density at radius 1 is 0.792 bits per heavy atom. The van der Waals surface area contributed by atoms with Gasteiger partial charge in [-0.2, -0.15) is 0 Å². The highest BCUT2D eigenvalue weighted by atomic mass is 79.9. The van der Waals surface area contributed by atoms with Crippen LogP contribution in [-0.2, 0) is 6.54 Å². The fraction of sp³-hybridized carbons (Fsp3) is 0.100. The van der Waals surface area contributed by atoms with Crippen molar-refractivity contribution in [1.29, 1.82) is 0 Å². The number of hydrogen-bond acceptors (Lipinski definition) is 2. The number of para-hydroxylation sites is 1. The molecule has 1 aliphatic rings. The summed E-state index contributed by atoms with van der Waals surface area (Å²) < 4.78 is 2.42. The van der Waals surface area contributed by atoms with Crippen LogP contribution in [0.15, 0.2) is 72.9 Å². The molecule has 5 rings (SSSR count). The van der Waals surface area contributed by atoms with E-state index in [2.05, 4.69) is 69.0 Å². The molecule has 4 heteroatoms. The molecule has 0 N–H and O–H groups in total. The molecule has 2 aromatic heterocycles. The molecule has 0 spiro atoms. The molecule has 0 aliphatic carbocycles. The molecular formula is C20H16BrN3. The number of fused-ring (bicyclic) bond motifs is 6. The van der Waals surface area contributed by atoms with Gasteiger partial charge in [0.05, 0.1) is 5.39 Å². The molecule has 24 heavy (non-hydrogen) atoms. The molecule has 0 bridgehead atoms. The molecule has 0 radical (unpaired) electrons. The standard InChI is InChI=1S/C20H16N3.BrH/c1-2-9-17-15(7-1)16-8-3-4-10-18(16)22-13-14-23(20(17)22)19-11-5-6-12-21-19;/h1-12H,13-14H2;1H/q+1;/p-1. The molecule has 0 amide bonds. The third-order valence-corrected chi connectivity index (χ3v) is 4.64. The third kappa shape index (κ3) is 2.10. The van der Waals surface area contributed by atoms with E-state index in [-0.39, 0.29) is 17.0 Å². The lowest BCUT2D eigenvalue weighted by atomic mass is 10.1. The Morgan fingerprint density at radius 3 is 2.29 bits per heavy atom. The fourth-order valence-electron chi connectivity index (χ4n) is 3.67. The quantitative estimate of drug-likeness (QED) is 0.361. The van der Waals surface area contributed by atoms with E-state index in [4.69, 9.17) is 0 Å². The first-order chi connectivity index (χ1) is 11.4. The Kier molecular flexibility index (Phi) is 3.69. The van der Waals surface area contributed by atoms with E-state index in [1.807, 2.05) is 18.3 Å². The summed E-state index contributed by atoms with van der Waals surface area (Å²) in [5.41, 5.74) is 1.29. The van der Waals surface area contributed by atoms with Crippen LogP contribution in [0.1, 0.15) is 0 Å². The average molecular weight is 378 g/mol. The van der Waals surface area contributed by atoms with Crippen molar-refractivity contribution in [2.75, 3.05) is 11.4 Å². The van der Waals surface area contributed by atoms with E-state index in [1.54, 1.807) is 0 Å². The average Bonchev–Trinajstić information content (AvgIpc) is 3.08. The molecule has 4 aromatic rings. The number of rotatable bonds is 1. The third-order valence-electron chi connectivity index (χ3n) is 4.64. The molecule has 0 atom stereocenters. The first kappa shape index (κ1) is 15.1. The lowest BCUT2D eigenvalue weighted by Crippen LogP contribution is -3.00. The minimum absolute atomic E-state index is 0. The predicted molar refractivity (Wildman–Crippen MR) is 92.9 cm³/mol. The first-order valence-corrected chi connectivity index (χ1v) is 7.95. The van der Waals surface area contributed by atoms with E-state index in [0.717, 1.165) is 18.9 Å². The Hall–Kier alpha value is -2.46. The first-order valence-electron chi connectivity index (χ1n) is 7.95. The number of nitrogens with zero attached hydrogens (tertiary/aromatic N) is 3. The molecule has 0 saturated heterocycles. The molecule has 1 aliphatic heterocycles. The molecule has 3 nitrogen and oxygen atoms in total. The summed E-state index contributed by atoms with van der Waals surface area (Å²) in [6.45, 7) is 1.94. The van der Waals surface area contributed by atoms with E-state index in [0.29, 0.717) is 0 Å². The lowest BCUT2D eigenvalue weighted by Gasteiger charge is -2.12. The van der Waals surface area contributed by atoms with Gasteiger partial charge in [0.1, 0.15) is 18.6 Å². The normalized spacial score (nSPS) is 13.1. The van der Waals surface area contributed by atoms with E-state index in [1.165, 1.54) is 27.5 Å². The van der Waals surface area contributed by atoms with Gasteiger partial charge in [-0.15, -0.1) is 0 Å². The number of aromatic nitrogens is 2. The Morgan fingerprint density at radius 2 is 1.50 bits per heavy atom. The van der Waals surface area contributed by atoms with Gasteiger partial charge in [0, 0.05) is 23.0 Å². The Balaban J connectivity index is 0.00000146. The Labute approximate surface area is 150 Å². The molecule has 118 valence electrons. The maximum Gasteiger partial charge on any atom is 0.291 e. The van der Waals surface area contributed by atoms with Crippen molar-refractivity contribution in [3.63, 3.8) is 0 Å². The largest absolute Gasteiger partial charge is 1.00 e. The predicted octanol–water partition coefficient (Wildman–Crippen LogP) is 0.831. The van der Waals surface area contributed by atoms with Gasteiger partial charge in [-0.25, -0.2) is 14.5 Å². The highest BCUT2D eigenvalue weighted by Crippen LogP contribution is 2.35. The van der Waals surface area contributed by atoms with Crippen molar-refractivity contribution in [2.24, 2.45) is 0 Å². The number of halogens is 1. The fourth-order valence-corrected chi connectivity index (χ4v) is 3.67. The van der Waals surface area contributed by atoms with E-state index in [9.17, 15) is 0 Å². The number of pyridine rings is 2. The van der Waals surface area contributed by atoms with Crippen LogP contribution >= 0.6 is 0 Å². The number of hydrogen-bond donors (Lipinski definition) is 0. The van der Waals surface area contributed by atoms with Crippen LogP contribution in [-0.4, -0.2) is 11.5 Å². The summed E-state index contributed by atoms with van der Waals surface area (Å²) in [5.74, 6) is 2.26. The minimum atomic E-state index is 0. The van der Waals surface area contributed by atoms with Crippen molar-refractivity contribution in [3.05, 3.63) is 72.9 Å². The van der Waals surface area contributed by atoms with Crippen LogP contribution in [0.5, 0.6) is 0 Å². The molecule has 3 heterocycles. The highest BCUT2D eigenvalue weighted by molar-refractivity contribution is 6.08. The van der Waals surface area contributed by atoms with Gasteiger partial charge in [0.15, 0.2) is 0 Å². The highest BCUT2D eigenvalue weighted by Gasteiger charge is 2.34. The topological polar surface area (TPSA) is 20.0 Å². The van der Waals surface area contributed by atoms with Gasteiger partial charge in [0.25, 0.3) is 5.82 Å². The van der Waals surface area contributed by atoms with Crippen LogP contribution in [0.25, 0.3) is 21.7 Å². The van der Waals surface area contributed by atoms with Crippen LogP contribution in [0.4, 0.5) is 11.6 Å². The minimum Gasteiger partial charge on any atom is -1.00 e. The summed E-state index contributed by atoms with van der Waals surface area (Å²) in [5, 5.41) is 3.90. The van der Waals surface area contributed by atoms with Crippen LogP contribution < -0.4 is 26.4 Å². The van der Waals surface area contributed by atoms with Gasteiger partial charge in [-0.05, 0) is 18.2 Å². The Bertz CT molecular complexity index is 1030. The maximum absolute atomic E-state index is 4.56. The zero-order valence-electron chi connectivity index (χ0n) is 13.1. The van der Waals surface area contributed by atoms with Crippen LogP contribution in [0.3, 0.4) is 0 Å². The zero-order valence-corrected chi connectivity index (χ0v) is 14.6. The van der Waals surface area contributed by atoms with Crippen molar-refractivity contribution >= 4 is 33.3 Å². The summed E-state index contributed by atoms with van der Waals surface area (Å²) in [6, 6.07) is 23.4. The summed E-state index contributed by atoms with van der Waals surface area (Å²) in [7, 11) is 0. The van der Waals surface area contributed by atoms with Crippen LogP contribution in [0.2, 0.25) is 0 Å². The summed E-state index contributed by atoms with van der Waals surface area (Å²) in [6.07, 6.45) is 1.86. The van der Waals surface area contributed by atoms with Crippen molar-refractivity contribution in [2.45, 2.75) is 6.54 Å². The second kappa shape index (κ2) is 5.87. The maximum atomic E-state index is 4.56. The number of benzene rings is 2. The van der Waals surface area contributed by atoms with E-state index < -0.39 is 0 Å². The lowest BCUT2D eigenvalue weighted by molar-refractivity contribution is -0.643. The van der Waals surface area contributed by atoms with E-state index >= 15 is 0 Å². The molecule has 0 saturated carbocycles. The molecular weight excluding hydrogens is 362 g/mol. The molecule has 0 unspecified atom stereocenters. The summed E-state index contributed by atoms with van der Waals surface area (Å²) >= 11 is 0. The second-order valence-corrected chi connectivity index (χ2v) is 5.88. The van der Waals surface area contributed by atoms with Gasteiger partial charge in [-0.3, -0.25) is 0 Å². The summed E-state index contributed by atoms with van der Waals surface area (Å²) in [4.78, 5) is 6.89. The SMILES string of the molecule is [Br-].c1ccc(N2CC[n+]3c2c2ccccc2c2ccccc23)nc1. The second-order valence-electron chi connectivity index (χ2n) is 5.88. The van der Waals surface area contributed by atoms with Crippen molar-refractivity contribution in [1.82, 2.24) is 4.98 Å². The molecule has 0 fully saturated rings. The van der Waals surface area contributed by atoms with Crippen molar-refractivity contribution < 1.29 is 21.5 Å². The van der Waals surface area contributed by atoms with Crippen molar-refractivity contribution in [3.8, 4) is 0 Å². The van der Waals surface area contributed by atoms with Gasteiger partial charge < -0.3 is 17.0 Å².